The van der Waals surface area contributed by atoms with Crippen LogP contribution in [0.5, 0.6) is 0 Å². The minimum atomic E-state index is -0.0862. The van der Waals surface area contributed by atoms with E-state index in [-0.39, 0.29) is 23.9 Å². The number of likely N-dealkylation sites (N-methyl/N-ethyl adjacent to an activating group) is 1. The van der Waals surface area contributed by atoms with Crippen molar-refractivity contribution in [2.45, 2.75) is 46.3 Å². The molecule has 0 aliphatic rings. The Morgan fingerprint density at radius 3 is 2.04 bits per heavy atom. The normalized spacial score (nSPS) is 12.3. The van der Waals surface area contributed by atoms with Gasteiger partial charge in [0, 0.05) is 30.3 Å². The fourth-order valence-corrected chi connectivity index (χ4v) is 2.85. The number of benzene rings is 1. The molecule has 1 rings (SSSR count). The molecule has 0 radical (unpaired) electrons. The molecule has 0 fully saturated rings. The van der Waals surface area contributed by atoms with Crippen LogP contribution in [0.3, 0.4) is 0 Å². The van der Waals surface area contributed by atoms with Gasteiger partial charge in [-0.05, 0) is 39.8 Å². The third-order valence-electron chi connectivity index (χ3n) is 3.80. The quantitative estimate of drug-likeness (QED) is 0.777. The average molecular weight is 320 g/mol. The standard InChI is InChI=1S/C18H29N3O2/c1-13(2)21(14(3)4)17(22)12-20(6)11-15-7-9-16(10-8-15)18(23)19-5/h7-10,13-14H,11-12H2,1-6H3,(H,19,23)/p+1. The zero-order valence-corrected chi connectivity index (χ0v) is 15.1. The number of carbonyl (C=O) groups is 2. The van der Waals surface area contributed by atoms with Crippen LogP contribution in [0.15, 0.2) is 24.3 Å². The van der Waals surface area contributed by atoms with Crippen molar-refractivity contribution in [3.05, 3.63) is 35.4 Å². The monoisotopic (exact) mass is 320 g/mol. The maximum absolute atomic E-state index is 12.5. The van der Waals surface area contributed by atoms with Gasteiger partial charge in [0.2, 0.25) is 0 Å². The second-order valence-electron chi connectivity index (χ2n) is 6.58. The maximum Gasteiger partial charge on any atom is 0.278 e. The summed E-state index contributed by atoms with van der Waals surface area (Å²) < 4.78 is 0. The highest BCUT2D eigenvalue weighted by molar-refractivity contribution is 5.93. The molecule has 0 bridgehead atoms. The average Bonchev–Trinajstić information content (AvgIpc) is 2.46. The van der Waals surface area contributed by atoms with Crippen LogP contribution in [-0.4, -0.2) is 49.4 Å². The molecule has 0 heterocycles. The fourth-order valence-electron chi connectivity index (χ4n) is 2.85. The molecule has 0 saturated heterocycles. The van der Waals surface area contributed by atoms with Gasteiger partial charge >= 0.3 is 0 Å². The van der Waals surface area contributed by atoms with E-state index in [0.717, 1.165) is 17.0 Å². The van der Waals surface area contributed by atoms with Gasteiger partial charge in [0.05, 0.1) is 7.05 Å². The van der Waals surface area contributed by atoms with Gasteiger partial charge in [-0.15, -0.1) is 0 Å². The van der Waals surface area contributed by atoms with Crippen molar-refractivity contribution in [2.24, 2.45) is 0 Å². The molecule has 5 nitrogen and oxygen atoms in total. The van der Waals surface area contributed by atoms with Gasteiger partial charge in [-0.1, -0.05) is 12.1 Å². The van der Waals surface area contributed by atoms with Crippen LogP contribution >= 0.6 is 0 Å². The van der Waals surface area contributed by atoms with Gasteiger partial charge in [-0.25, -0.2) is 0 Å². The van der Waals surface area contributed by atoms with E-state index in [1.165, 1.54) is 0 Å². The molecule has 128 valence electrons. The first kappa shape index (κ1) is 19.2. The van der Waals surface area contributed by atoms with Crippen LogP contribution in [0.25, 0.3) is 0 Å². The van der Waals surface area contributed by atoms with E-state index in [2.05, 4.69) is 5.32 Å². The Hall–Kier alpha value is -1.88. The molecule has 0 saturated carbocycles. The zero-order valence-electron chi connectivity index (χ0n) is 15.1. The van der Waals surface area contributed by atoms with Crippen molar-refractivity contribution in [3.8, 4) is 0 Å². The molecular weight excluding hydrogens is 290 g/mol. The molecule has 1 unspecified atom stereocenters. The lowest BCUT2D eigenvalue weighted by molar-refractivity contribution is -0.885. The van der Waals surface area contributed by atoms with Gasteiger partial charge in [0.25, 0.3) is 11.8 Å². The third kappa shape index (κ3) is 5.67. The lowest BCUT2D eigenvalue weighted by atomic mass is 10.1. The SMILES string of the molecule is CNC(=O)c1ccc(C[NH+](C)CC(=O)N(C(C)C)C(C)C)cc1. The van der Waals surface area contributed by atoms with Crippen LogP contribution in [0, 0.1) is 0 Å². The minimum Gasteiger partial charge on any atom is -0.355 e. The van der Waals surface area contributed by atoms with Crippen LogP contribution < -0.4 is 10.2 Å². The molecule has 0 aromatic heterocycles. The number of amides is 2. The van der Waals surface area contributed by atoms with Gasteiger partial charge < -0.3 is 15.1 Å². The predicted octanol–water partition coefficient (Wildman–Crippen LogP) is 0.706. The summed E-state index contributed by atoms with van der Waals surface area (Å²) in [7, 11) is 3.64. The topological polar surface area (TPSA) is 53.9 Å². The third-order valence-corrected chi connectivity index (χ3v) is 3.80. The number of hydrogen-bond donors (Lipinski definition) is 2. The molecule has 1 aromatic rings. The van der Waals surface area contributed by atoms with Gasteiger partial charge in [-0.3, -0.25) is 9.59 Å². The lowest BCUT2D eigenvalue weighted by Gasteiger charge is -2.31. The number of carbonyl (C=O) groups excluding carboxylic acids is 2. The second-order valence-corrected chi connectivity index (χ2v) is 6.58. The van der Waals surface area contributed by atoms with Crippen molar-refractivity contribution < 1.29 is 14.5 Å². The largest absolute Gasteiger partial charge is 0.355 e. The Kier molecular flexibility index (Phi) is 7.23. The Balaban J connectivity index is 2.64. The van der Waals surface area contributed by atoms with E-state index in [4.69, 9.17) is 0 Å². The summed E-state index contributed by atoms with van der Waals surface area (Å²) in [4.78, 5) is 27.1. The van der Waals surface area contributed by atoms with Crippen molar-refractivity contribution in [3.63, 3.8) is 0 Å². The Morgan fingerprint density at radius 2 is 1.61 bits per heavy atom. The molecular formula is C18H30N3O2+. The van der Waals surface area contributed by atoms with Crippen LogP contribution in [0.1, 0.15) is 43.6 Å². The molecule has 1 atom stereocenters. The van der Waals surface area contributed by atoms with Crippen LogP contribution in [0.2, 0.25) is 0 Å². The Labute approximate surface area is 139 Å². The van der Waals surface area contributed by atoms with E-state index in [1.807, 2.05) is 63.9 Å². The first-order chi connectivity index (χ1) is 10.8. The molecule has 1 aromatic carbocycles. The fraction of sp³-hybridized carbons (Fsp3) is 0.556. The lowest BCUT2D eigenvalue weighted by Crippen LogP contribution is -3.09. The minimum absolute atomic E-state index is 0.0862. The molecule has 0 spiro atoms. The van der Waals surface area contributed by atoms with Crippen LogP contribution in [-0.2, 0) is 11.3 Å². The van der Waals surface area contributed by atoms with E-state index in [9.17, 15) is 9.59 Å². The molecule has 0 aliphatic heterocycles. The van der Waals surface area contributed by atoms with Crippen LogP contribution in [0.4, 0.5) is 0 Å². The van der Waals surface area contributed by atoms with Gasteiger partial charge in [0.15, 0.2) is 6.54 Å². The highest BCUT2D eigenvalue weighted by Crippen LogP contribution is 2.05. The highest BCUT2D eigenvalue weighted by atomic mass is 16.2. The predicted molar refractivity (Wildman–Crippen MR) is 92.4 cm³/mol. The Bertz CT molecular complexity index is 516. The summed E-state index contributed by atoms with van der Waals surface area (Å²) in [5.74, 6) is 0.0893. The van der Waals surface area contributed by atoms with Crippen molar-refractivity contribution >= 4 is 11.8 Å². The number of rotatable bonds is 7. The second kappa shape index (κ2) is 8.67. The first-order valence-corrected chi connectivity index (χ1v) is 8.19. The number of quaternary nitrogens is 1. The summed E-state index contributed by atoms with van der Waals surface area (Å²) in [6.07, 6.45) is 0. The summed E-state index contributed by atoms with van der Waals surface area (Å²) in [6.45, 7) is 9.41. The maximum atomic E-state index is 12.5. The number of hydrogen-bond acceptors (Lipinski definition) is 2. The summed E-state index contributed by atoms with van der Waals surface area (Å²) in [5.41, 5.74) is 1.76. The molecule has 23 heavy (non-hydrogen) atoms. The van der Waals surface area contributed by atoms with Gasteiger partial charge in [0.1, 0.15) is 6.54 Å². The van der Waals surface area contributed by atoms with Gasteiger partial charge in [-0.2, -0.15) is 0 Å². The van der Waals surface area contributed by atoms with E-state index < -0.39 is 0 Å². The van der Waals surface area contributed by atoms with Crippen molar-refractivity contribution in [1.29, 1.82) is 0 Å². The summed E-state index contributed by atoms with van der Waals surface area (Å²) >= 11 is 0. The van der Waals surface area contributed by atoms with Crippen molar-refractivity contribution in [1.82, 2.24) is 10.2 Å². The highest BCUT2D eigenvalue weighted by Gasteiger charge is 2.23. The Morgan fingerprint density at radius 1 is 1.09 bits per heavy atom. The first-order valence-electron chi connectivity index (χ1n) is 8.19. The number of nitrogens with one attached hydrogen (secondary N) is 2. The van der Waals surface area contributed by atoms with Crippen molar-refractivity contribution in [2.75, 3.05) is 20.6 Å². The van der Waals surface area contributed by atoms with E-state index in [0.29, 0.717) is 12.1 Å². The molecule has 2 N–H and O–H groups in total. The molecule has 0 aliphatic carbocycles. The smallest absolute Gasteiger partial charge is 0.278 e. The molecule has 5 heteroatoms. The molecule has 2 amide bonds. The summed E-state index contributed by atoms with van der Waals surface area (Å²) in [6, 6.07) is 7.95. The van der Waals surface area contributed by atoms with E-state index >= 15 is 0 Å². The zero-order chi connectivity index (χ0) is 17.6. The summed E-state index contributed by atoms with van der Waals surface area (Å²) in [5, 5.41) is 2.61. The number of nitrogens with zero attached hydrogens (tertiary/aromatic N) is 1. The van der Waals surface area contributed by atoms with E-state index in [1.54, 1.807) is 7.05 Å².